The number of alkyl halides is 1. The van der Waals surface area contributed by atoms with E-state index in [9.17, 15) is 0 Å². The standard InChI is InChI=1S/C16H25BrClN/c1-5-14(6-2)19(11-12(3)4)16-8-7-13(10-17)9-15(16)18/h7-9,12,14H,5-6,10-11H2,1-4H3. The molecule has 0 aliphatic carbocycles. The molecule has 0 atom stereocenters. The minimum atomic E-state index is 0.565. The number of anilines is 1. The van der Waals surface area contributed by atoms with Gasteiger partial charge in [-0.2, -0.15) is 0 Å². The van der Waals surface area contributed by atoms with E-state index in [1.807, 2.05) is 0 Å². The van der Waals surface area contributed by atoms with Crippen LogP contribution in [-0.4, -0.2) is 12.6 Å². The van der Waals surface area contributed by atoms with Crippen molar-refractivity contribution in [3.8, 4) is 0 Å². The number of rotatable bonds is 7. The average Bonchev–Trinajstić information content (AvgIpc) is 2.38. The summed E-state index contributed by atoms with van der Waals surface area (Å²) in [4.78, 5) is 2.48. The first-order chi connectivity index (χ1) is 9.03. The summed E-state index contributed by atoms with van der Waals surface area (Å²) in [5, 5.41) is 1.71. The van der Waals surface area contributed by atoms with Crippen molar-refractivity contribution in [2.24, 2.45) is 5.92 Å². The molecule has 1 aromatic carbocycles. The van der Waals surface area contributed by atoms with Crippen LogP contribution in [0.3, 0.4) is 0 Å². The highest BCUT2D eigenvalue weighted by Crippen LogP contribution is 2.31. The fourth-order valence-electron chi connectivity index (χ4n) is 2.43. The van der Waals surface area contributed by atoms with Gasteiger partial charge in [-0.3, -0.25) is 0 Å². The Kier molecular flexibility index (Phi) is 7.23. The molecule has 1 rings (SSSR count). The zero-order valence-electron chi connectivity index (χ0n) is 12.4. The first kappa shape index (κ1) is 16.8. The third-order valence-electron chi connectivity index (χ3n) is 3.42. The van der Waals surface area contributed by atoms with Crippen LogP contribution in [0.4, 0.5) is 5.69 Å². The lowest BCUT2D eigenvalue weighted by atomic mass is 10.1. The van der Waals surface area contributed by atoms with Gasteiger partial charge in [0.15, 0.2) is 0 Å². The Balaban J connectivity index is 3.09. The van der Waals surface area contributed by atoms with Crippen LogP contribution >= 0.6 is 27.5 Å². The summed E-state index contributed by atoms with van der Waals surface area (Å²) in [6, 6.07) is 6.96. The fourth-order valence-corrected chi connectivity index (χ4v) is 3.09. The van der Waals surface area contributed by atoms with Crippen molar-refractivity contribution in [2.45, 2.75) is 51.9 Å². The van der Waals surface area contributed by atoms with Crippen molar-refractivity contribution in [2.75, 3.05) is 11.4 Å². The molecule has 0 amide bonds. The van der Waals surface area contributed by atoms with Crippen LogP contribution in [0.1, 0.15) is 46.1 Å². The van der Waals surface area contributed by atoms with Crippen molar-refractivity contribution in [3.63, 3.8) is 0 Å². The van der Waals surface area contributed by atoms with Crippen molar-refractivity contribution >= 4 is 33.2 Å². The first-order valence-corrected chi connectivity index (χ1v) is 8.64. The molecule has 0 spiro atoms. The molecule has 1 aromatic rings. The van der Waals surface area contributed by atoms with Crippen LogP contribution < -0.4 is 4.90 Å². The predicted octanol–water partition coefficient (Wildman–Crippen LogP) is 5.89. The highest BCUT2D eigenvalue weighted by molar-refractivity contribution is 9.08. The van der Waals surface area contributed by atoms with Gasteiger partial charge in [0.2, 0.25) is 0 Å². The minimum absolute atomic E-state index is 0.565. The summed E-state index contributed by atoms with van der Waals surface area (Å²) in [6.07, 6.45) is 2.31. The maximum Gasteiger partial charge on any atom is 0.0642 e. The molecule has 108 valence electrons. The van der Waals surface area contributed by atoms with Gasteiger partial charge in [-0.05, 0) is 36.5 Å². The average molecular weight is 347 g/mol. The molecule has 0 unspecified atom stereocenters. The second-order valence-corrected chi connectivity index (χ2v) is 6.40. The number of hydrogen-bond acceptors (Lipinski definition) is 1. The molecule has 0 aliphatic rings. The number of halogens is 2. The van der Waals surface area contributed by atoms with Gasteiger partial charge >= 0.3 is 0 Å². The number of benzene rings is 1. The second kappa shape index (κ2) is 8.16. The van der Waals surface area contributed by atoms with Gasteiger partial charge < -0.3 is 4.90 Å². The molecular formula is C16H25BrClN. The van der Waals surface area contributed by atoms with Gasteiger partial charge in [-0.25, -0.2) is 0 Å². The number of nitrogens with zero attached hydrogens (tertiary/aromatic N) is 1. The van der Waals surface area contributed by atoms with Crippen LogP contribution in [0.15, 0.2) is 18.2 Å². The Morgan fingerprint density at radius 2 is 1.84 bits per heavy atom. The SMILES string of the molecule is CCC(CC)N(CC(C)C)c1ccc(CBr)cc1Cl. The summed E-state index contributed by atoms with van der Waals surface area (Å²) in [6.45, 7) is 10.1. The molecule has 0 bridgehead atoms. The lowest BCUT2D eigenvalue weighted by Gasteiger charge is -2.35. The van der Waals surface area contributed by atoms with E-state index >= 15 is 0 Å². The molecule has 0 radical (unpaired) electrons. The summed E-state index contributed by atoms with van der Waals surface area (Å²) in [7, 11) is 0. The van der Waals surface area contributed by atoms with Crippen LogP contribution in [0, 0.1) is 5.92 Å². The van der Waals surface area contributed by atoms with Crippen LogP contribution in [0.5, 0.6) is 0 Å². The summed E-state index contributed by atoms with van der Waals surface area (Å²) in [5.74, 6) is 0.632. The maximum absolute atomic E-state index is 6.48. The third kappa shape index (κ3) is 4.68. The Morgan fingerprint density at radius 1 is 1.21 bits per heavy atom. The number of hydrogen-bond donors (Lipinski definition) is 0. The molecule has 0 saturated carbocycles. The molecule has 1 nitrogen and oxygen atoms in total. The topological polar surface area (TPSA) is 3.24 Å². The molecule has 3 heteroatoms. The van der Waals surface area contributed by atoms with Crippen molar-refractivity contribution in [1.29, 1.82) is 0 Å². The van der Waals surface area contributed by atoms with E-state index < -0.39 is 0 Å². The third-order valence-corrected chi connectivity index (χ3v) is 4.37. The van der Waals surface area contributed by atoms with E-state index in [2.05, 4.69) is 66.7 Å². The van der Waals surface area contributed by atoms with Gasteiger partial charge in [0.25, 0.3) is 0 Å². The quantitative estimate of drug-likeness (QED) is 0.557. The van der Waals surface area contributed by atoms with Crippen LogP contribution in [0.2, 0.25) is 5.02 Å². The van der Waals surface area contributed by atoms with E-state index in [1.54, 1.807) is 0 Å². The monoisotopic (exact) mass is 345 g/mol. The zero-order valence-corrected chi connectivity index (χ0v) is 14.8. The van der Waals surface area contributed by atoms with E-state index in [4.69, 9.17) is 11.6 Å². The predicted molar refractivity (Wildman–Crippen MR) is 90.6 cm³/mol. The molecule has 0 N–H and O–H groups in total. The summed E-state index contributed by atoms with van der Waals surface area (Å²) >= 11 is 9.96. The molecular weight excluding hydrogens is 322 g/mol. The van der Waals surface area contributed by atoms with Gasteiger partial charge in [0.1, 0.15) is 0 Å². The van der Waals surface area contributed by atoms with Crippen LogP contribution in [0.25, 0.3) is 0 Å². The van der Waals surface area contributed by atoms with E-state index in [0.717, 1.165) is 29.7 Å². The Hall–Kier alpha value is -0.210. The molecule has 0 aliphatic heterocycles. The van der Waals surface area contributed by atoms with E-state index in [-0.39, 0.29) is 0 Å². The maximum atomic E-state index is 6.48. The molecule has 0 aromatic heterocycles. The van der Waals surface area contributed by atoms with E-state index in [0.29, 0.717) is 12.0 Å². The minimum Gasteiger partial charge on any atom is -0.367 e. The van der Waals surface area contributed by atoms with Crippen molar-refractivity contribution in [1.82, 2.24) is 0 Å². The van der Waals surface area contributed by atoms with Gasteiger partial charge in [0, 0.05) is 17.9 Å². The molecule has 0 heterocycles. The van der Waals surface area contributed by atoms with Crippen molar-refractivity contribution < 1.29 is 0 Å². The Labute approximate surface area is 131 Å². The Morgan fingerprint density at radius 3 is 2.26 bits per heavy atom. The first-order valence-electron chi connectivity index (χ1n) is 7.14. The van der Waals surface area contributed by atoms with E-state index in [1.165, 1.54) is 11.3 Å². The molecule has 19 heavy (non-hydrogen) atoms. The largest absolute Gasteiger partial charge is 0.367 e. The lowest BCUT2D eigenvalue weighted by Crippen LogP contribution is -2.37. The molecule has 0 fully saturated rings. The van der Waals surface area contributed by atoms with Gasteiger partial charge in [-0.1, -0.05) is 61.3 Å². The lowest BCUT2D eigenvalue weighted by molar-refractivity contribution is 0.507. The summed E-state index contributed by atoms with van der Waals surface area (Å²) < 4.78 is 0. The van der Waals surface area contributed by atoms with Crippen molar-refractivity contribution in [3.05, 3.63) is 28.8 Å². The highest BCUT2D eigenvalue weighted by Gasteiger charge is 2.19. The highest BCUT2D eigenvalue weighted by atomic mass is 79.9. The summed E-state index contributed by atoms with van der Waals surface area (Å²) in [5.41, 5.74) is 2.40. The smallest absolute Gasteiger partial charge is 0.0642 e. The molecule has 0 saturated heterocycles. The Bertz CT molecular complexity index is 388. The second-order valence-electron chi connectivity index (χ2n) is 5.44. The normalized spacial score (nSPS) is 11.4. The fraction of sp³-hybridized carbons (Fsp3) is 0.625. The zero-order chi connectivity index (χ0) is 14.4. The van der Waals surface area contributed by atoms with Gasteiger partial charge in [0.05, 0.1) is 10.7 Å². The van der Waals surface area contributed by atoms with Gasteiger partial charge in [-0.15, -0.1) is 0 Å². The van der Waals surface area contributed by atoms with Crippen LogP contribution in [-0.2, 0) is 5.33 Å².